The van der Waals surface area contributed by atoms with Crippen LogP contribution in [0.2, 0.25) is 0 Å². The van der Waals surface area contributed by atoms with E-state index in [1.807, 2.05) is 0 Å². The van der Waals surface area contributed by atoms with Gasteiger partial charge in [0.25, 0.3) is 11.8 Å². The average molecular weight is 365 g/mol. The summed E-state index contributed by atoms with van der Waals surface area (Å²) >= 11 is 0. The number of ether oxygens (including phenoxy) is 1. The number of benzene rings is 2. The molecular weight excluding hydrogens is 353 g/mol. The molecule has 0 aromatic heterocycles. The second-order valence-electron chi connectivity index (χ2n) is 6.63. The minimum absolute atomic E-state index is 0.00975. The van der Waals surface area contributed by atoms with E-state index in [1.165, 1.54) is 12.1 Å². The van der Waals surface area contributed by atoms with Crippen molar-refractivity contribution in [3.8, 4) is 17.6 Å². The van der Waals surface area contributed by atoms with Crippen LogP contribution in [0.5, 0.6) is 11.5 Å². The summed E-state index contributed by atoms with van der Waals surface area (Å²) in [5, 5.41) is 8.89. The maximum Gasteiger partial charge on any atom is 0.279 e. The number of halogens is 5. The molecule has 7 heteroatoms. The van der Waals surface area contributed by atoms with Crippen molar-refractivity contribution in [1.82, 2.24) is 0 Å². The second-order valence-corrected chi connectivity index (χ2v) is 6.63. The Balaban J connectivity index is 1.81. The second kappa shape index (κ2) is 5.44. The Labute approximate surface area is 145 Å². The molecule has 0 spiro atoms. The molecule has 4 rings (SSSR count). The fourth-order valence-electron chi connectivity index (χ4n) is 3.90. The lowest BCUT2D eigenvalue weighted by Gasteiger charge is -2.36. The van der Waals surface area contributed by atoms with Crippen LogP contribution in [0.1, 0.15) is 41.0 Å². The third-order valence-electron chi connectivity index (χ3n) is 4.94. The zero-order valence-corrected chi connectivity index (χ0v) is 13.3. The molecule has 0 saturated carbocycles. The van der Waals surface area contributed by atoms with E-state index in [1.54, 1.807) is 6.07 Å². The van der Waals surface area contributed by atoms with Gasteiger partial charge in [-0.1, -0.05) is 0 Å². The fraction of sp³-hybridized carbons (Fsp3) is 0.316. The smallest absolute Gasteiger partial charge is 0.279 e. The number of nitriles is 1. The zero-order chi connectivity index (χ0) is 18.7. The molecule has 26 heavy (non-hydrogen) atoms. The maximum absolute atomic E-state index is 14.2. The van der Waals surface area contributed by atoms with E-state index in [9.17, 15) is 22.0 Å². The highest BCUT2D eigenvalue weighted by molar-refractivity contribution is 5.55. The van der Waals surface area contributed by atoms with Crippen molar-refractivity contribution < 1.29 is 26.7 Å². The number of nitrogens with zero attached hydrogens (tertiary/aromatic N) is 1. The van der Waals surface area contributed by atoms with Gasteiger partial charge >= 0.3 is 0 Å². The third-order valence-corrected chi connectivity index (χ3v) is 4.94. The first kappa shape index (κ1) is 16.8. The lowest BCUT2D eigenvalue weighted by atomic mass is 9.79. The summed E-state index contributed by atoms with van der Waals surface area (Å²) in [6.45, 7) is 0. The molecule has 0 amide bonds. The lowest BCUT2D eigenvalue weighted by molar-refractivity contribution is -0.141. The van der Waals surface area contributed by atoms with E-state index in [4.69, 9.17) is 10.00 Å². The van der Waals surface area contributed by atoms with Gasteiger partial charge in [-0.05, 0) is 48.2 Å². The molecular formula is C19H12F5NO. The first-order valence-electron chi connectivity index (χ1n) is 8.02. The van der Waals surface area contributed by atoms with E-state index < -0.39 is 30.0 Å². The molecule has 2 nitrogen and oxygen atoms in total. The maximum atomic E-state index is 14.2. The van der Waals surface area contributed by atoms with Gasteiger partial charge in [-0.2, -0.15) is 5.26 Å². The van der Waals surface area contributed by atoms with Gasteiger partial charge in [0, 0.05) is 17.5 Å². The molecule has 1 atom stereocenters. The standard InChI is InChI=1S/C19H12F5NO/c20-11-5-10(8-25)6-12(7-11)26-16-4-3-15-17-13(16)1-2-14(17)18(21,22)9-19(15,23)24/h3-7,14H,1-2,9H2. The minimum atomic E-state index is -3.61. The predicted octanol–water partition coefficient (Wildman–Crippen LogP) is 5.65. The minimum Gasteiger partial charge on any atom is -0.457 e. The van der Waals surface area contributed by atoms with Gasteiger partial charge in [0.05, 0.1) is 18.1 Å². The Morgan fingerprint density at radius 2 is 1.88 bits per heavy atom. The molecule has 1 unspecified atom stereocenters. The number of hydrogen-bond donors (Lipinski definition) is 0. The third kappa shape index (κ3) is 2.52. The molecule has 2 aliphatic rings. The van der Waals surface area contributed by atoms with Crippen molar-refractivity contribution in [3.05, 3.63) is 58.4 Å². The van der Waals surface area contributed by atoms with Gasteiger partial charge in [-0.3, -0.25) is 0 Å². The molecule has 2 aliphatic carbocycles. The van der Waals surface area contributed by atoms with Gasteiger partial charge < -0.3 is 4.74 Å². The monoisotopic (exact) mass is 365 g/mol. The first-order chi connectivity index (χ1) is 12.2. The van der Waals surface area contributed by atoms with Crippen molar-refractivity contribution >= 4 is 0 Å². The molecule has 2 aromatic carbocycles. The Hall–Kier alpha value is -2.62. The van der Waals surface area contributed by atoms with Crippen LogP contribution in [-0.2, 0) is 12.3 Å². The first-order valence-corrected chi connectivity index (χ1v) is 8.02. The van der Waals surface area contributed by atoms with Crippen LogP contribution in [0, 0.1) is 17.1 Å². The lowest BCUT2D eigenvalue weighted by Crippen LogP contribution is -2.38. The van der Waals surface area contributed by atoms with Crippen LogP contribution in [0.3, 0.4) is 0 Å². The van der Waals surface area contributed by atoms with Gasteiger partial charge in [-0.15, -0.1) is 0 Å². The molecule has 0 saturated heterocycles. The molecule has 0 fully saturated rings. The van der Waals surface area contributed by atoms with Gasteiger partial charge in [0.1, 0.15) is 17.3 Å². The normalized spacial score (nSPS) is 21.8. The SMILES string of the molecule is N#Cc1cc(F)cc(Oc2ccc3c4c2CCC4C(F)(F)CC3(F)F)c1. The molecule has 0 heterocycles. The largest absolute Gasteiger partial charge is 0.457 e. The van der Waals surface area contributed by atoms with E-state index in [2.05, 4.69) is 0 Å². The van der Waals surface area contributed by atoms with Crippen molar-refractivity contribution in [3.63, 3.8) is 0 Å². The van der Waals surface area contributed by atoms with Gasteiger partial charge in [0.15, 0.2) is 0 Å². The summed E-state index contributed by atoms with van der Waals surface area (Å²) in [5.41, 5.74) is -0.106. The molecule has 2 aromatic rings. The van der Waals surface area contributed by atoms with E-state index in [-0.39, 0.29) is 41.0 Å². The van der Waals surface area contributed by atoms with Crippen LogP contribution in [0.25, 0.3) is 0 Å². The highest BCUT2D eigenvalue weighted by atomic mass is 19.3. The van der Waals surface area contributed by atoms with Crippen LogP contribution in [-0.4, -0.2) is 5.92 Å². The highest BCUT2D eigenvalue weighted by Gasteiger charge is 2.58. The summed E-state index contributed by atoms with van der Waals surface area (Å²) in [5.74, 6) is -8.92. The zero-order valence-electron chi connectivity index (χ0n) is 13.3. The Morgan fingerprint density at radius 1 is 1.12 bits per heavy atom. The quantitative estimate of drug-likeness (QED) is 0.644. The van der Waals surface area contributed by atoms with Crippen LogP contribution >= 0.6 is 0 Å². The predicted molar refractivity (Wildman–Crippen MR) is 82.2 cm³/mol. The Bertz CT molecular complexity index is 948. The van der Waals surface area contributed by atoms with Gasteiger partial charge in [0.2, 0.25) is 0 Å². The van der Waals surface area contributed by atoms with Crippen molar-refractivity contribution in [2.45, 2.75) is 37.0 Å². The molecule has 134 valence electrons. The van der Waals surface area contributed by atoms with Gasteiger partial charge in [-0.25, -0.2) is 22.0 Å². The fourth-order valence-corrected chi connectivity index (χ4v) is 3.90. The van der Waals surface area contributed by atoms with E-state index in [0.717, 1.165) is 18.2 Å². The summed E-state index contributed by atoms with van der Waals surface area (Å²) in [7, 11) is 0. The van der Waals surface area contributed by atoms with Crippen molar-refractivity contribution in [2.75, 3.05) is 0 Å². The number of rotatable bonds is 2. The Kier molecular flexibility index (Phi) is 3.52. The number of hydrogen-bond acceptors (Lipinski definition) is 2. The molecule has 0 aliphatic heterocycles. The summed E-state index contributed by atoms with van der Waals surface area (Å²) in [6, 6.07) is 7.55. The van der Waals surface area contributed by atoms with Crippen molar-refractivity contribution in [1.29, 1.82) is 5.26 Å². The molecule has 0 N–H and O–H groups in total. The molecule has 0 bridgehead atoms. The number of alkyl halides is 4. The van der Waals surface area contributed by atoms with Crippen LogP contribution in [0.4, 0.5) is 22.0 Å². The average Bonchev–Trinajstić information content (AvgIpc) is 2.98. The summed E-state index contributed by atoms with van der Waals surface area (Å²) in [4.78, 5) is 0. The summed E-state index contributed by atoms with van der Waals surface area (Å²) in [6.07, 6.45) is -1.26. The van der Waals surface area contributed by atoms with Crippen molar-refractivity contribution in [2.24, 2.45) is 0 Å². The highest BCUT2D eigenvalue weighted by Crippen LogP contribution is 2.59. The van der Waals surface area contributed by atoms with E-state index in [0.29, 0.717) is 5.56 Å². The summed E-state index contributed by atoms with van der Waals surface area (Å²) < 4.78 is 75.8. The van der Waals surface area contributed by atoms with E-state index >= 15 is 0 Å². The Morgan fingerprint density at radius 3 is 2.62 bits per heavy atom. The van der Waals surface area contributed by atoms with Crippen LogP contribution in [0.15, 0.2) is 30.3 Å². The topological polar surface area (TPSA) is 33.0 Å². The molecule has 0 radical (unpaired) electrons. The van der Waals surface area contributed by atoms with Crippen LogP contribution < -0.4 is 4.74 Å².